The lowest BCUT2D eigenvalue weighted by molar-refractivity contribution is 0.0935. The minimum Gasteiger partial charge on any atom is -0.353 e. The molecule has 0 spiro atoms. The summed E-state index contributed by atoms with van der Waals surface area (Å²) in [6, 6.07) is 11.6. The molecule has 7 heteroatoms. The average molecular weight is 339 g/mol. The van der Waals surface area contributed by atoms with E-state index in [9.17, 15) is 4.79 Å². The fraction of sp³-hybridized carbons (Fsp3) is 0.235. The highest BCUT2D eigenvalue weighted by atomic mass is 32.1. The molecule has 0 aromatic carbocycles. The fourth-order valence-corrected chi connectivity index (χ4v) is 3.57. The lowest BCUT2D eigenvalue weighted by Crippen LogP contribution is -2.37. The molecule has 1 atom stereocenters. The van der Waals surface area contributed by atoms with Gasteiger partial charge in [-0.25, -0.2) is 0 Å². The van der Waals surface area contributed by atoms with Crippen LogP contribution in [0.25, 0.3) is 10.6 Å². The van der Waals surface area contributed by atoms with Gasteiger partial charge in [0.2, 0.25) is 0 Å². The van der Waals surface area contributed by atoms with Crippen molar-refractivity contribution in [1.29, 1.82) is 0 Å². The number of nitrogens with one attached hydrogen (secondary N) is 2. The summed E-state index contributed by atoms with van der Waals surface area (Å²) < 4.78 is 0. The first-order valence-corrected chi connectivity index (χ1v) is 8.74. The monoisotopic (exact) mass is 339 g/mol. The summed E-state index contributed by atoms with van der Waals surface area (Å²) in [6.07, 6.45) is 2.53. The first kappa shape index (κ1) is 14.9. The predicted octanol–water partition coefficient (Wildman–Crippen LogP) is 2.54. The van der Waals surface area contributed by atoms with E-state index < -0.39 is 0 Å². The molecule has 3 aromatic rings. The van der Waals surface area contributed by atoms with Crippen LogP contribution in [0.1, 0.15) is 16.9 Å². The summed E-state index contributed by atoms with van der Waals surface area (Å²) in [5, 5.41) is 12.6. The van der Waals surface area contributed by atoms with Gasteiger partial charge in [0.15, 0.2) is 5.82 Å². The molecule has 1 aliphatic heterocycles. The molecule has 4 heterocycles. The summed E-state index contributed by atoms with van der Waals surface area (Å²) in [4.78, 5) is 19.6. The van der Waals surface area contributed by atoms with Crippen LogP contribution in [0, 0.1) is 0 Å². The largest absolute Gasteiger partial charge is 0.353 e. The third-order valence-corrected chi connectivity index (χ3v) is 5.00. The van der Waals surface area contributed by atoms with Crippen LogP contribution in [0.2, 0.25) is 0 Å². The first-order chi connectivity index (χ1) is 11.8. The summed E-state index contributed by atoms with van der Waals surface area (Å²) in [7, 11) is 0. The number of rotatable bonds is 4. The van der Waals surface area contributed by atoms with E-state index in [4.69, 9.17) is 0 Å². The van der Waals surface area contributed by atoms with Gasteiger partial charge in [0, 0.05) is 31.4 Å². The van der Waals surface area contributed by atoms with Crippen LogP contribution in [-0.2, 0) is 0 Å². The van der Waals surface area contributed by atoms with Gasteiger partial charge < -0.3 is 10.2 Å². The topological polar surface area (TPSA) is 73.9 Å². The van der Waals surface area contributed by atoms with Gasteiger partial charge in [0.25, 0.3) is 5.91 Å². The third kappa shape index (κ3) is 3.03. The van der Waals surface area contributed by atoms with E-state index in [0.29, 0.717) is 5.69 Å². The molecule has 1 saturated heterocycles. The highest BCUT2D eigenvalue weighted by molar-refractivity contribution is 7.13. The number of thiophene rings is 1. The van der Waals surface area contributed by atoms with E-state index in [1.165, 1.54) is 4.88 Å². The van der Waals surface area contributed by atoms with E-state index in [0.717, 1.165) is 31.0 Å². The Kier molecular flexibility index (Phi) is 4.00. The van der Waals surface area contributed by atoms with Gasteiger partial charge in [-0.05, 0) is 30.0 Å². The summed E-state index contributed by atoms with van der Waals surface area (Å²) in [6.45, 7) is 1.63. The normalized spacial score (nSPS) is 17.2. The molecule has 0 saturated carbocycles. The number of nitrogens with zero attached hydrogens (tertiary/aromatic N) is 3. The summed E-state index contributed by atoms with van der Waals surface area (Å²) in [5.41, 5.74) is 1.48. The fourth-order valence-electron chi connectivity index (χ4n) is 2.87. The van der Waals surface area contributed by atoms with Crippen LogP contribution in [0.15, 0.2) is 48.0 Å². The maximum Gasteiger partial charge on any atom is 0.270 e. The maximum absolute atomic E-state index is 12.2. The number of anilines is 1. The van der Waals surface area contributed by atoms with Crippen LogP contribution >= 0.6 is 11.3 Å². The zero-order valence-electron chi connectivity index (χ0n) is 13.0. The second kappa shape index (κ2) is 6.45. The van der Waals surface area contributed by atoms with E-state index >= 15 is 0 Å². The molecule has 4 rings (SSSR count). The van der Waals surface area contributed by atoms with Gasteiger partial charge in [0.05, 0.1) is 10.6 Å². The molecule has 122 valence electrons. The molecule has 1 fully saturated rings. The van der Waals surface area contributed by atoms with Crippen molar-refractivity contribution in [1.82, 2.24) is 20.5 Å². The summed E-state index contributed by atoms with van der Waals surface area (Å²) >= 11 is 1.68. The molecule has 0 aliphatic carbocycles. The highest BCUT2D eigenvalue weighted by Crippen LogP contribution is 2.27. The van der Waals surface area contributed by atoms with Crippen molar-refractivity contribution in [2.75, 3.05) is 18.0 Å². The number of hydrogen-bond acceptors (Lipinski definition) is 5. The van der Waals surface area contributed by atoms with Crippen molar-refractivity contribution < 1.29 is 4.79 Å². The van der Waals surface area contributed by atoms with Crippen LogP contribution in [0.4, 0.5) is 5.82 Å². The number of aromatic amines is 1. The minimum atomic E-state index is -0.122. The molecule has 1 aliphatic rings. The van der Waals surface area contributed by atoms with Crippen LogP contribution in [-0.4, -0.2) is 40.2 Å². The lowest BCUT2D eigenvalue weighted by Gasteiger charge is -2.15. The van der Waals surface area contributed by atoms with Crippen molar-refractivity contribution in [3.63, 3.8) is 0 Å². The molecule has 3 aromatic heterocycles. The quantitative estimate of drug-likeness (QED) is 0.766. The van der Waals surface area contributed by atoms with Gasteiger partial charge in [-0.3, -0.25) is 14.9 Å². The van der Waals surface area contributed by atoms with Gasteiger partial charge in [0.1, 0.15) is 5.69 Å². The van der Waals surface area contributed by atoms with Gasteiger partial charge in [-0.2, -0.15) is 5.10 Å². The number of pyridine rings is 1. The van der Waals surface area contributed by atoms with E-state index in [1.54, 1.807) is 29.7 Å². The number of aromatic nitrogens is 3. The smallest absolute Gasteiger partial charge is 0.270 e. The van der Waals surface area contributed by atoms with E-state index in [1.807, 2.05) is 12.1 Å². The minimum absolute atomic E-state index is 0.112. The highest BCUT2D eigenvalue weighted by Gasteiger charge is 2.26. The Hall–Kier alpha value is -2.67. The van der Waals surface area contributed by atoms with Crippen molar-refractivity contribution in [3.8, 4) is 10.6 Å². The van der Waals surface area contributed by atoms with Gasteiger partial charge >= 0.3 is 0 Å². The van der Waals surface area contributed by atoms with E-state index in [2.05, 4.69) is 42.9 Å². The molecule has 0 radical (unpaired) electrons. The second-order valence-corrected chi connectivity index (χ2v) is 6.68. The molecular formula is C17H17N5OS. The molecule has 0 bridgehead atoms. The van der Waals surface area contributed by atoms with Crippen molar-refractivity contribution >= 4 is 23.1 Å². The number of H-pyrrole nitrogens is 1. The third-order valence-electron chi connectivity index (χ3n) is 4.10. The molecule has 24 heavy (non-hydrogen) atoms. The van der Waals surface area contributed by atoms with Gasteiger partial charge in [-0.15, -0.1) is 11.3 Å². The Bertz CT molecular complexity index is 815. The van der Waals surface area contributed by atoms with E-state index in [-0.39, 0.29) is 11.9 Å². The molecule has 6 nitrogen and oxygen atoms in total. The molecule has 2 N–H and O–H groups in total. The Morgan fingerprint density at radius 1 is 1.33 bits per heavy atom. The summed E-state index contributed by atoms with van der Waals surface area (Å²) in [5.74, 6) is 0.803. The van der Waals surface area contributed by atoms with Crippen molar-refractivity contribution in [3.05, 3.63) is 53.7 Å². The Morgan fingerprint density at radius 2 is 2.29 bits per heavy atom. The Balaban J connectivity index is 1.39. The van der Waals surface area contributed by atoms with Crippen molar-refractivity contribution in [2.45, 2.75) is 12.5 Å². The average Bonchev–Trinajstić information content (AvgIpc) is 3.36. The van der Waals surface area contributed by atoms with Gasteiger partial charge in [-0.1, -0.05) is 12.1 Å². The Labute approximate surface area is 143 Å². The first-order valence-electron chi connectivity index (χ1n) is 7.86. The molecule has 1 amide bonds. The molecular weight excluding hydrogens is 322 g/mol. The van der Waals surface area contributed by atoms with Crippen molar-refractivity contribution in [2.24, 2.45) is 0 Å². The zero-order chi connectivity index (χ0) is 16.4. The lowest BCUT2D eigenvalue weighted by atomic mass is 10.2. The van der Waals surface area contributed by atoms with Crippen LogP contribution in [0.5, 0.6) is 0 Å². The van der Waals surface area contributed by atoms with Crippen LogP contribution in [0.3, 0.4) is 0 Å². The number of amides is 1. The molecule has 0 unspecified atom stereocenters. The SMILES string of the molecule is O=C(N[C@@H]1CCN(c2cc(-c3cccs3)[nH]n2)C1)c1ccccn1. The maximum atomic E-state index is 12.2. The standard InChI is InChI=1S/C17H17N5OS/c23-17(13-4-1-2-7-18-13)19-12-6-8-22(11-12)16-10-14(20-21-16)15-5-3-9-24-15/h1-5,7,9-10,12H,6,8,11H2,(H,19,23)(H,20,21)/t12-/m1/s1. The number of carbonyl (C=O) groups is 1. The number of hydrogen-bond donors (Lipinski definition) is 2. The zero-order valence-corrected chi connectivity index (χ0v) is 13.8. The Morgan fingerprint density at radius 3 is 3.08 bits per heavy atom. The second-order valence-electron chi connectivity index (χ2n) is 5.74. The predicted molar refractivity (Wildman–Crippen MR) is 94.2 cm³/mol. The number of carbonyl (C=O) groups excluding carboxylic acids is 1. The van der Waals surface area contributed by atoms with Crippen LogP contribution < -0.4 is 10.2 Å².